The predicted octanol–water partition coefficient (Wildman–Crippen LogP) is 1.19. The van der Waals surface area contributed by atoms with E-state index in [1.54, 1.807) is 0 Å². The van der Waals surface area contributed by atoms with Gasteiger partial charge in [-0.2, -0.15) is 0 Å². The largest absolute Gasteiger partial charge is 0.394 e. The number of amides is 1. The van der Waals surface area contributed by atoms with Gasteiger partial charge in [-0.1, -0.05) is 6.07 Å². The average Bonchev–Trinajstić information content (AvgIpc) is 2.28. The van der Waals surface area contributed by atoms with Crippen molar-refractivity contribution in [3.63, 3.8) is 0 Å². The molecule has 85 valence electrons. The highest BCUT2D eigenvalue weighted by Gasteiger charge is 2.16. The van der Waals surface area contributed by atoms with Crippen molar-refractivity contribution in [1.29, 1.82) is 0 Å². The van der Waals surface area contributed by atoms with Crippen molar-refractivity contribution in [3.8, 4) is 0 Å². The van der Waals surface area contributed by atoms with Gasteiger partial charge >= 0.3 is 0 Å². The molecule has 4 nitrogen and oxygen atoms in total. The molecule has 0 bridgehead atoms. The van der Waals surface area contributed by atoms with Gasteiger partial charge in [0.1, 0.15) is 0 Å². The molecule has 1 aromatic rings. The van der Waals surface area contributed by atoms with Gasteiger partial charge in [0.05, 0.1) is 12.3 Å². The highest BCUT2D eigenvalue weighted by Crippen LogP contribution is 2.26. The fraction of sp³-hybridized carbons (Fsp3) is 0.417. The van der Waals surface area contributed by atoms with Crippen LogP contribution in [-0.2, 0) is 11.2 Å². The summed E-state index contributed by atoms with van der Waals surface area (Å²) in [6, 6.07) is 5.80. The van der Waals surface area contributed by atoms with Crippen LogP contribution in [0.15, 0.2) is 18.2 Å². The summed E-state index contributed by atoms with van der Waals surface area (Å²) in [7, 11) is 0. The molecule has 1 aliphatic heterocycles. The first-order chi connectivity index (χ1) is 7.69. The molecule has 1 amide bonds. The zero-order valence-corrected chi connectivity index (χ0v) is 9.23. The van der Waals surface area contributed by atoms with Crippen molar-refractivity contribution in [2.45, 2.75) is 25.8 Å². The Kier molecular flexibility index (Phi) is 3.10. The molecule has 1 radical (unpaired) electrons. The van der Waals surface area contributed by atoms with E-state index < -0.39 is 0 Å². The lowest BCUT2D eigenvalue weighted by Gasteiger charge is -2.17. The Bertz CT molecular complexity index is 404. The van der Waals surface area contributed by atoms with Gasteiger partial charge in [-0.15, -0.1) is 0 Å². The zero-order chi connectivity index (χ0) is 11.5. The zero-order valence-electron chi connectivity index (χ0n) is 9.23. The van der Waals surface area contributed by atoms with Crippen LogP contribution in [0.1, 0.15) is 18.9 Å². The highest BCUT2D eigenvalue weighted by molar-refractivity contribution is 5.84. The molecule has 0 fully saturated rings. The molecule has 2 rings (SSSR count). The number of carbonyl (C=O) groups is 1. The number of aliphatic hydroxyl groups is 1. The Labute approximate surface area is 94.7 Å². The monoisotopic (exact) mass is 219 g/mol. The molecule has 1 aromatic carbocycles. The molecular formula is C12H15N2O2. The maximum absolute atomic E-state index is 11.2. The lowest BCUT2D eigenvalue weighted by Crippen LogP contribution is -2.21. The van der Waals surface area contributed by atoms with E-state index >= 15 is 0 Å². The second-order valence-corrected chi connectivity index (χ2v) is 4.08. The first-order valence-corrected chi connectivity index (χ1v) is 5.44. The third-order valence-electron chi connectivity index (χ3n) is 2.63. The third kappa shape index (κ3) is 2.33. The van der Waals surface area contributed by atoms with Crippen LogP contribution in [0, 0.1) is 0 Å². The van der Waals surface area contributed by atoms with Crippen LogP contribution >= 0.6 is 0 Å². The van der Waals surface area contributed by atoms with Gasteiger partial charge in [-0.25, -0.2) is 5.32 Å². The van der Waals surface area contributed by atoms with Crippen molar-refractivity contribution in [1.82, 2.24) is 5.32 Å². The second-order valence-electron chi connectivity index (χ2n) is 4.08. The molecule has 4 heteroatoms. The SMILES string of the molecule is C[C@H](CO)Nc1ccc2c(c1)[N]C(=O)CC2. The molecule has 0 spiro atoms. The molecule has 1 aliphatic rings. The van der Waals surface area contributed by atoms with Crippen LogP contribution < -0.4 is 10.6 Å². The van der Waals surface area contributed by atoms with Crippen molar-refractivity contribution in [2.75, 3.05) is 11.9 Å². The van der Waals surface area contributed by atoms with Crippen molar-refractivity contribution in [2.24, 2.45) is 0 Å². The third-order valence-corrected chi connectivity index (χ3v) is 2.63. The molecule has 1 atom stereocenters. The molecule has 0 aromatic heterocycles. The van der Waals surface area contributed by atoms with Gasteiger partial charge in [0.15, 0.2) is 0 Å². The predicted molar refractivity (Wildman–Crippen MR) is 61.7 cm³/mol. The van der Waals surface area contributed by atoms with Crippen LogP contribution in [0.25, 0.3) is 0 Å². The van der Waals surface area contributed by atoms with E-state index in [-0.39, 0.29) is 18.6 Å². The number of fused-ring (bicyclic) bond motifs is 1. The first kappa shape index (κ1) is 11.0. The van der Waals surface area contributed by atoms with Gasteiger partial charge in [0.2, 0.25) is 5.91 Å². The maximum Gasteiger partial charge on any atom is 0.246 e. The Hall–Kier alpha value is -1.55. The van der Waals surface area contributed by atoms with E-state index in [1.165, 1.54) is 0 Å². The van der Waals surface area contributed by atoms with Crippen LogP contribution in [0.5, 0.6) is 0 Å². The van der Waals surface area contributed by atoms with Crippen LogP contribution in [0.4, 0.5) is 11.4 Å². The minimum atomic E-state index is -0.0557. The van der Waals surface area contributed by atoms with Crippen molar-refractivity contribution >= 4 is 17.3 Å². The summed E-state index contributed by atoms with van der Waals surface area (Å²) in [6.45, 7) is 1.97. The van der Waals surface area contributed by atoms with Gasteiger partial charge in [-0.05, 0) is 31.0 Å². The minimum absolute atomic E-state index is 0.00246. The standard InChI is InChI=1S/C12H15N2O2/c1-8(7-15)13-10-4-2-9-3-5-12(16)14-11(9)6-10/h2,4,6,8,13,15H,3,5,7H2,1H3/t8-/m1/s1. The van der Waals surface area contributed by atoms with Gasteiger partial charge in [0, 0.05) is 18.2 Å². The molecule has 0 saturated heterocycles. The number of carbonyl (C=O) groups excluding carboxylic acids is 1. The van der Waals surface area contributed by atoms with Gasteiger partial charge in [-0.3, -0.25) is 4.79 Å². The van der Waals surface area contributed by atoms with Crippen molar-refractivity contribution < 1.29 is 9.90 Å². The Morgan fingerprint density at radius 3 is 3.06 bits per heavy atom. The first-order valence-electron chi connectivity index (χ1n) is 5.44. The van der Waals surface area contributed by atoms with Crippen LogP contribution in [0.3, 0.4) is 0 Å². The van der Waals surface area contributed by atoms with E-state index in [1.807, 2.05) is 25.1 Å². The molecule has 0 unspecified atom stereocenters. The summed E-state index contributed by atoms with van der Waals surface area (Å²) in [4.78, 5) is 11.2. The number of aliphatic hydroxyl groups excluding tert-OH is 1. The van der Waals surface area contributed by atoms with E-state index in [4.69, 9.17) is 5.11 Å². The quantitative estimate of drug-likeness (QED) is 0.802. The number of hydrogen-bond donors (Lipinski definition) is 2. The fourth-order valence-electron chi connectivity index (χ4n) is 1.73. The molecule has 0 saturated carbocycles. The Balaban J connectivity index is 2.18. The minimum Gasteiger partial charge on any atom is -0.394 e. The summed E-state index contributed by atoms with van der Waals surface area (Å²) in [6.07, 6.45) is 1.28. The maximum atomic E-state index is 11.2. The molecule has 2 N–H and O–H groups in total. The normalized spacial score (nSPS) is 16.2. The van der Waals surface area contributed by atoms with E-state index in [0.29, 0.717) is 6.42 Å². The number of rotatable bonds is 3. The summed E-state index contributed by atoms with van der Waals surface area (Å²) in [5.41, 5.74) is 2.76. The number of benzene rings is 1. The topological polar surface area (TPSA) is 63.4 Å². The van der Waals surface area contributed by atoms with Gasteiger partial charge in [0.25, 0.3) is 0 Å². The summed E-state index contributed by atoms with van der Waals surface area (Å²) < 4.78 is 0. The summed E-state index contributed by atoms with van der Waals surface area (Å²) in [5, 5.41) is 16.1. The van der Waals surface area contributed by atoms with Crippen LogP contribution in [-0.4, -0.2) is 23.7 Å². The van der Waals surface area contributed by atoms with E-state index in [9.17, 15) is 4.79 Å². The van der Waals surface area contributed by atoms with Gasteiger partial charge < -0.3 is 10.4 Å². The summed E-state index contributed by atoms with van der Waals surface area (Å²) in [5.74, 6) is -0.0557. The fourth-order valence-corrected chi connectivity index (χ4v) is 1.73. The van der Waals surface area contributed by atoms with E-state index in [2.05, 4.69) is 10.6 Å². The Morgan fingerprint density at radius 2 is 2.31 bits per heavy atom. The molecule has 16 heavy (non-hydrogen) atoms. The van der Waals surface area contributed by atoms with Crippen molar-refractivity contribution in [3.05, 3.63) is 23.8 Å². The molecular weight excluding hydrogens is 204 g/mol. The number of anilines is 1. The van der Waals surface area contributed by atoms with E-state index in [0.717, 1.165) is 23.4 Å². The smallest absolute Gasteiger partial charge is 0.246 e. The number of hydrogen-bond acceptors (Lipinski definition) is 3. The molecule has 0 aliphatic carbocycles. The van der Waals surface area contributed by atoms with Crippen LogP contribution in [0.2, 0.25) is 0 Å². The number of nitrogens with one attached hydrogen (secondary N) is 1. The lowest BCUT2D eigenvalue weighted by molar-refractivity contribution is -0.120. The Morgan fingerprint density at radius 1 is 1.50 bits per heavy atom. The number of nitrogens with zero attached hydrogens (tertiary/aromatic N) is 1. The highest BCUT2D eigenvalue weighted by atomic mass is 16.3. The lowest BCUT2D eigenvalue weighted by atomic mass is 10.0. The average molecular weight is 219 g/mol. The molecule has 1 heterocycles. The second kappa shape index (κ2) is 4.53. The summed E-state index contributed by atoms with van der Waals surface area (Å²) >= 11 is 0. The number of aryl methyl sites for hydroxylation is 1.